The number of piperidine rings is 1. The molecule has 0 aromatic carbocycles. The Morgan fingerprint density at radius 1 is 1.07 bits per heavy atom. The average Bonchev–Trinajstić information content (AvgIpc) is 2.97. The van der Waals surface area contributed by atoms with Crippen LogP contribution >= 0.6 is 0 Å². The number of hydrogen-bond acceptors (Lipinski definition) is 4. The summed E-state index contributed by atoms with van der Waals surface area (Å²) in [7, 11) is 0. The first-order chi connectivity index (χ1) is 13.8. The molecular formula is C17H18F6N4O3. The van der Waals surface area contributed by atoms with Crippen LogP contribution in [0.1, 0.15) is 29.9 Å². The van der Waals surface area contributed by atoms with Crippen LogP contribution in [-0.2, 0) is 0 Å². The number of amides is 2. The second-order valence-electron chi connectivity index (χ2n) is 7.51. The van der Waals surface area contributed by atoms with Crippen molar-refractivity contribution in [2.75, 3.05) is 19.6 Å². The number of hydrogen-bond donors (Lipinski definition) is 1. The summed E-state index contributed by atoms with van der Waals surface area (Å²) in [5.74, 6) is -6.71. The average molecular weight is 440 g/mol. The van der Waals surface area contributed by atoms with Crippen molar-refractivity contribution in [3.63, 3.8) is 0 Å². The molecule has 1 aromatic heterocycles. The van der Waals surface area contributed by atoms with Crippen LogP contribution in [0.25, 0.3) is 0 Å². The van der Waals surface area contributed by atoms with Crippen LogP contribution in [0.3, 0.4) is 0 Å². The number of halogens is 6. The van der Waals surface area contributed by atoms with Gasteiger partial charge in [0.05, 0.1) is 0 Å². The van der Waals surface area contributed by atoms with Gasteiger partial charge in [-0.15, -0.1) is 0 Å². The third-order valence-corrected chi connectivity index (χ3v) is 5.78. The first-order valence-electron chi connectivity index (χ1n) is 9.05. The molecule has 2 saturated heterocycles. The quantitative estimate of drug-likeness (QED) is 0.714. The van der Waals surface area contributed by atoms with Crippen LogP contribution in [0, 0.1) is 11.8 Å². The third-order valence-electron chi connectivity index (χ3n) is 5.78. The SMILES string of the molecule is O=C(O)N1CCC2(CC1)CC(C(C(F)(F)F)C(F)(F)F)CN2C(=O)c1ncccn1. The zero-order valence-electron chi connectivity index (χ0n) is 15.4. The smallest absolute Gasteiger partial charge is 0.407 e. The second kappa shape index (κ2) is 7.58. The van der Waals surface area contributed by atoms with E-state index in [-0.39, 0.29) is 31.8 Å². The number of alkyl halides is 6. The molecule has 0 bridgehead atoms. The molecule has 2 amide bonds. The first kappa shape index (κ1) is 22.1. The molecule has 0 aliphatic carbocycles. The van der Waals surface area contributed by atoms with E-state index in [1.165, 1.54) is 18.5 Å². The highest BCUT2D eigenvalue weighted by Crippen LogP contribution is 2.52. The van der Waals surface area contributed by atoms with E-state index in [4.69, 9.17) is 5.11 Å². The fourth-order valence-corrected chi connectivity index (χ4v) is 4.45. The van der Waals surface area contributed by atoms with Gasteiger partial charge in [0.1, 0.15) is 0 Å². The molecule has 3 rings (SSSR count). The van der Waals surface area contributed by atoms with Gasteiger partial charge in [-0.25, -0.2) is 14.8 Å². The molecule has 0 radical (unpaired) electrons. The highest BCUT2D eigenvalue weighted by atomic mass is 19.4. The Hall–Kier alpha value is -2.60. The van der Waals surface area contributed by atoms with Gasteiger partial charge in [-0.1, -0.05) is 0 Å². The molecule has 30 heavy (non-hydrogen) atoms. The molecule has 13 heteroatoms. The minimum atomic E-state index is -5.53. The molecule has 3 heterocycles. The van der Waals surface area contributed by atoms with E-state index in [2.05, 4.69) is 9.97 Å². The molecular weight excluding hydrogens is 422 g/mol. The number of likely N-dealkylation sites (tertiary alicyclic amines) is 2. The normalized spacial score (nSPS) is 22.0. The summed E-state index contributed by atoms with van der Waals surface area (Å²) in [5.41, 5.74) is -1.33. The van der Waals surface area contributed by atoms with Gasteiger partial charge in [0.25, 0.3) is 5.91 Å². The minimum Gasteiger partial charge on any atom is -0.465 e. The van der Waals surface area contributed by atoms with Crippen LogP contribution in [-0.4, -0.2) is 74.4 Å². The van der Waals surface area contributed by atoms with E-state index < -0.39 is 54.7 Å². The lowest BCUT2D eigenvalue weighted by Crippen LogP contribution is -2.55. The topological polar surface area (TPSA) is 86.6 Å². The van der Waals surface area contributed by atoms with Crippen LogP contribution in [0.5, 0.6) is 0 Å². The maximum Gasteiger partial charge on any atom is 0.407 e. The lowest BCUT2D eigenvalue weighted by Gasteiger charge is -2.44. The minimum absolute atomic E-state index is 0.0726. The standard InChI is InChI=1S/C17H18F6N4O3/c18-16(19,20)11(17(21,22)23)10-8-15(2-6-26(7-3-15)14(29)30)27(9-10)13(28)12-24-4-1-5-25-12/h1,4-5,10-11H,2-3,6-9H2,(H,29,30). The summed E-state index contributed by atoms with van der Waals surface area (Å²) in [4.78, 5) is 33.6. The predicted octanol–water partition coefficient (Wildman–Crippen LogP) is 3.19. The Bertz CT molecular complexity index is 779. The van der Waals surface area contributed by atoms with E-state index in [1.807, 2.05) is 0 Å². The molecule has 2 aliphatic heterocycles. The number of rotatable bonds is 2. The van der Waals surface area contributed by atoms with E-state index >= 15 is 0 Å². The van der Waals surface area contributed by atoms with Gasteiger partial charge in [-0.3, -0.25) is 4.79 Å². The molecule has 0 saturated carbocycles. The monoisotopic (exact) mass is 440 g/mol. The molecule has 1 aromatic rings. The Labute approximate surface area is 166 Å². The number of nitrogens with zero attached hydrogens (tertiary/aromatic N) is 4. The molecule has 166 valence electrons. The van der Waals surface area contributed by atoms with Gasteiger partial charge in [0.15, 0.2) is 5.92 Å². The highest BCUT2D eigenvalue weighted by Gasteiger charge is 2.64. The van der Waals surface area contributed by atoms with Crippen molar-refractivity contribution < 1.29 is 41.0 Å². The summed E-state index contributed by atoms with van der Waals surface area (Å²) in [6.07, 6.45) is -10.5. The number of carbonyl (C=O) groups is 2. The Morgan fingerprint density at radius 3 is 2.07 bits per heavy atom. The Kier molecular flexibility index (Phi) is 5.58. The van der Waals surface area contributed by atoms with E-state index in [0.29, 0.717) is 0 Å². The predicted molar refractivity (Wildman–Crippen MR) is 88.3 cm³/mol. The van der Waals surface area contributed by atoms with Crippen molar-refractivity contribution in [2.45, 2.75) is 37.2 Å². The largest absolute Gasteiger partial charge is 0.465 e. The van der Waals surface area contributed by atoms with Crippen molar-refractivity contribution in [2.24, 2.45) is 11.8 Å². The van der Waals surface area contributed by atoms with Gasteiger partial charge in [0, 0.05) is 37.6 Å². The van der Waals surface area contributed by atoms with Crippen molar-refractivity contribution >= 4 is 12.0 Å². The molecule has 7 nitrogen and oxygen atoms in total. The summed E-state index contributed by atoms with van der Waals surface area (Å²) >= 11 is 0. The van der Waals surface area contributed by atoms with E-state index in [1.54, 1.807) is 0 Å². The van der Waals surface area contributed by atoms with E-state index in [9.17, 15) is 35.9 Å². The van der Waals surface area contributed by atoms with Gasteiger partial charge in [-0.2, -0.15) is 26.3 Å². The van der Waals surface area contributed by atoms with Gasteiger partial charge in [0.2, 0.25) is 5.82 Å². The number of carbonyl (C=O) groups excluding carboxylic acids is 1. The van der Waals surface area contributed by atoms with Crippen molar-refractivity contribution in [1.29, 1.82) is 0 Å². The molecule has 2 fully saturated rings. The molecule has 2 aliphatic rings. The lowest BCUT2D eigenvalue weighted by atomic mass is 9.79. The summed E-state index contributed by atoms with van der Waals surface area (Å²) in [5, 5.41) is 9.10. The van der Waals surface area contributed by atoms with Gasteiger partial charge >= 0.3 is 18.4 Å². The maximum absolute atomic E-state index is 13.3. The summed E-state index contributed by atoms with van der Waals surface area (Å²) in [6, 6.07) is 1.41. The van der Waals surface area contributed by atoms with E-state index in [0.717, 1.165) is 9.80 Å². The van der Waals surface area contributed by atoms with Crippen molar-refractivity contribution in [1.82, 2.24) is 19.8 Å². The number of aromatic nitrogens is 2. The summed E-state index contributed by atoms with van der Waals surface area (Å²) < 4.78 is 79.9. The zero-order chi connectivity index (χ0) is 22.3. The van der Waals surface area contributed by atoms with Crippen LogP contribution in [0.4, 0.5) is 31.1 Å². The first-order valence-corrected chi connectivity index (χ1v) is 9.05. The lowest BCUT2D eigenvalue weighted by molar-refractivity contribution is -0.297. The maximum atomic E-state index is 13.3. The number of carboxylic acid groups (broad SMARTS) is 1. The van der Waals surface area contributed by atoms with Crippen LogP contribution in [0.15, 0.2) is 18.5 Å². The highest BCUT2D eigenvalue weighted by molar-refractivity contribution is 5.91. The Balaban J connectivity index is 1.96. The summed E-state index contributed by atoms with van der Waals surface area (Å²) in [6.45, 7) is -0.984. The van der Waals surface area contributed by atoms with Crippen LogP contribution in [0.2, 0.25) is 0 Å². The molecule has 1 atom stereocenters. The Morgan fingerprint density at radius 2 is 1.60 bits per heavy atom. The fraction of sp³-hybridized carbons (Fsp3) is 0.647. The van der Waals surface area contributed by atoms with Gasteiger partial charge < -0.3 is 14.9 Å². The van der Waals surface area contributed by atoms with Gasteiger partial charge in [-0.05, 0) is 31.2 Å². The molecule has 1 N–H and O–H groups in total. The van der Waals surface area contributed by atoms with Crippen molar-refractivity contribution in [3.8, 4) is 0 Å². The van der Waals surface area contributed by atoms with Crippen molar-refractivity contribution in [3.05, 3.63) is 24.3 Å². The fourth-order valence-electron chi connectivity index (χ4n) is 4.45. The molecule has 1 spiro atoms. The zero-order valence-corrected chi connectivity index (χ0v) is 15.4. The third kappa shape index (κ3) is 4.15. The second-order valence-corrected chi connectivity index (χ2v) is 7.51. The molecule has 1 unspecified atom stereocenters. The van der Waals surface area contributed by atoms with Crippen LogP contribution < -0.4 is 0 Å².